The second kappa shape index (κ2) is 11.8. The van der Waals surface area contributed by atoms with Crippen LogP contribution in [-0.4, -0.2) is 33.0 Å². The van der Waals surface area contributed by atoms with Crippen molar-refractivity contribution < 1.29 is 18.3 Å². The number of hydrogen-bond donors (Lipinski definition) is 1. The van der Waals surface area contributed by atoms with Crippen molar-refractivity contribution in [2.75, 3.05) is 17.7 Å². The predicted octanol–water partition coefficient (Wildman–Crippen LogP) is 5.45. The van der Waals surface area contributed by atoms with Gasteiger partial charge in [0.25, 0.3) is 0 Å². The van der Waals surface area contributed by atoms with Crippen molar-refractivity contribution in [3.8, 4) is 5.75 Å². The molecule has 2 aromatic carbocycles. The van der Waals surface area contributed by atoms with Gasteiger partial charge in [0.05, 0.1) is 18.0 Å². The van der Waals surface area contributed by atoms with Crippen molar-refractivity contribution >= 4 is 35.0 Å². The predicted molar refractivity (Wildman–Crippen MR) is 126 cm³/mol. The molecule has 0 saturated carbocycles. The summed E-state index contributed by atoms with van der Waals surface area (Å²) in [5.41, 5.74) is 0.890. The van der Waals surface area contributed by atoms with Crippen LogP contribution in [0.5, 0.6) is 5.75 Å². The molecule has 0 aliphatic rings. The smallest absolute Gasteiger partial charge is 0.234 e. The average molecular weight is 493 g/mol. The number of hydrogen-bond acceptors (Lipinski definition) is 5. The van der Waals surface area contributed by atoms with Crippen LogP contribution in [0.3, 0.4) is 0 Å². The third kappa shape index (κ3) is 7.03. The number of thioether (sulfide) groups is 1. The van der Waals surface area contributed by atoms with Crippen LogP contribution in [0.1, 0.15) is 17.8 Å². The zero-order valence-electron chi connectivity index (χ0n) is 18.0. The molecule has 174 valence electrons. The van der Waals surface area contributed by atoms with Crippen LogP contribution in [0.15, 0.2) is 54.2 Å². The normalized spacial score (nSPS) is 10.8. The molecule has 0 aliphatic heterocycles. The Morgan fingerprint density at radius 1 is 1.27 bits per heavy atom. The first-order valence-electron chi connectivity index (χ1n) is 10.2. The number of nitrogens with one attached hydrogen (secondary N) is 1. The van der Waals surface area contributed by atoms with Crippen molar-refractivity contribution in [1.29, 1.82) is 0 Å². The van der Waals surface area contributed by atoms with Gasteiger partial charge in [-0.05, 0) is 49.2 Å². The van der Waals surface area contributed by atoms with E-state index in [2.05, 4.69) is 22.1 Å². The molecule has 3 aromatic rings. The number of halogens is 3. The summed E-state index contributed by atoms with van der Waals surface area (Å²) in [5.74, 6) is -0.455. The van der Waals surface area contributed by atoms with Gasteiger partial charge in [0.15, 0.2) is 5.16 Å². The number of aryl methyl sites for hydroxylation is 2. The summed E-state index contributed by atoms with van der Waals surface area (Å²) in [6.45, 7) is 6.68. The SMILES string of the molecule is C=CCn1c(CCCOc2ccc(Cl)cc2C)nnc1SCC(=O)Nc1ccc(F)cc1F. The summed E-state index contributed by atoms with van der Waals surface area (Å²) < 4.78 is 34.4. The number of carbonyl (C=O) groups is 1. The Hall–Kier alpha value is -2.91. The number of rotatable bonds is 11. The highest BCUT2D eigenvalue weighted by molar-refractivity contribution is 7.99. The van der Waals surface area contributed by atoms with Gasteiger partial charge in [-0.1, -0.05) is 29.4 Å². The van der Waals surface area contributed by atoms with Crippen LogP contribution in [0.25, 0.3) is 0 Å². The second-order valence-corrected chi connectivity index (χ2v) is 8.50. The molecule has 10 heteroatoms. The Kier molecular flexibility index (Phi) is 8.85. The number of benzene rings is 2. The van der Waals surface area contributed by atoms with Crippen LogP contribution in [0.2, 0.25) is 5.02 Å². The summed E-state index contributed by atoms with van der Waals surface area (Å²) in [4.78, 5) is 12.2. The van der Waals surface area contributed by atoms with E-state index in [-0.39, 0.29) is 11.4 Å². The fraction of sp³-hybridized carbons (Fsp3) is 0.261. The first kappa shape index (κ1) is 24.7. The van der Waals surface area contributed by atoms with Crippen LogP contribution in [0.4, 0.5) is 14.5 Å². The van der Waals surface area contributed by atoms with Crippen molar-refractivity contribution in [1.82, 2.24) is 14.8 Å². The van der Waals surface area contributed by atoms with Crippen molar-refractivity contribution in [3.63, 3.8) is 0 Å². The van der Waals surface area contributed by atoms with E-state index in [1.807, 2.05) is 23.6 Å². The molecule has 33 heavy (non-hydrogen) atoms. The van der Waals surface area contributed by atoms with E-state index in [1.54, 1.807) is 12.1 Å². The summed E-state index contributed by atoms with van der Waals surface area (Å²) in [5, 5.41) is 12.0. The van der Waals surface area contributed by atoms with E-state index >= 15 is 0 Å². The number of anilines is 1. The van der Waals surface area contributed by atoms with Gasteiger partial charge in [-0.3, -0.25) is 4.79 Å². The number of amides is 1. The molecule has 0 saturated heterocycles. The highest BCUT2D eigenvalue weighted by Crippen LogP contribution is 2.23. The Morgan fingerprint density at radius 2 is 2.09 bits per heavy atom. The van der Waals surface area contributed by atoms with Crippen molar-refractivity contribution in [3.05, 3.63) is 77.1 Å². The highest BCUT2D eigenvalue weighted by atomic mass is 35.5. The second-order valence-electron chi connectivity index (χ2n) is 7.12. The number of ether oxygens (including phenoxy) is 1. The largest absolute Gasteiger partial charge is 0.493 e. The third-order valence-electron chi connectivity index (χ3n) is 4.58. The van der Waals surface area contributed by atoms with Crippen molar-refractivity contribution in [2.45, 2.75) is 31.5 Å². The zero-order chi connectivity index (χ0) is 23.8. The molecule has 3 rings (SSSR count). The lowest BCUT2D eigenvalue weighted by Crippen LogP contribution is -2.16. The molecule has 0 atom stereocenters. The lowest BCUT2D eigenvalue weighted by molar-refractivity contribution is -0.113. The first-order chi connectivity index (χ1) is 15.9. The maximum absolute atomic E-state index is 13.7. The standard InChI is InChI=1S/C23H23ClF2N4O2S/c1-3-10-30-21(5-4-11-32-20-9-6-16(24)12-15(20)2)28-29-23(30)33-14-22(31)27-19-8-7-17(25)13-18(19)26/h3,6-9,12-13H,1,4-5,10-11,14H2,2H3,(H,27,31). The van der Waals surface area contributed by atoms with Gasteiger partial charge in [-0.25, -0.2) is 8.78 Å². The summed E-state index contributed by atoms with van der Waals surface area (Å²) in [7, 11) is 0. The van der Waals surface area contributed by atoms with Gasteiger partial charge >= 0.3 is 0 Å². The molecule has 0 radical (unpaired) electrons. The fourth-order valence-corrected chi connectivity index (χ4v) is 4.01. The molecule has 1 N–H and O–H groups in total. The average Bonchev–Trinajstić information content (AvgIpc) is 3.15. The third-order valence-corrected chi connectivity index (χ3v) is 5.78. The first-order valence-corrected chi connectivity index (χ1v) is 11.5. The molecule has 0 spiro atoms. The van der Waals surface area contributed by atoms with E-state index in [1.165, 1.54) is 17.8 Å². The van der Waals surface area contributed by atoms with Gasteiger partial charge in [-0.2, -0.15) is 0 Å². The Labute approximate surface area is 200 Å². The Bertz CT molecular complexity index is 1140. The lowest BCUT2D eigenvalue weighted by atomic mass is 10.2. The molecular weight excluding hydrogens is 470 g/mol. The molecule has 0 aliphatic carbocycles. The molecule has 0 bridgehead atoms. The Balaban J connectivity index is 1.53. The number of allylic oxidation sites excluding steroid dienone is 1. The highest BCUT2D eigenvalue weighted by Gasteiger charge is 2.15. The minimum atomic E-state index is -0.832. The maximum atomic E-state index is 13.7. The molecular formula is C23H23ClF2N4O2S. The van der Waals surface area contributed by atoms with E-state index in [0.717, 1.165) is 23.2 Å². The summed E-state index contributed by atoms with van der Waals surface area (Å²) in [6.07, 6.45) is 3.06. The van der Waals surface area contributed by atoms with Gasteiger partial charge in [0.1, 0.15) is 23.2 Å². The van der Waals surface area contributed by atoms with Crippen LogP contribution in [0, 0.1) is 18.6 Å². The number of aromatic nitrogens is 3. The molecule has 0 fully saturated rings. The zero-order valence-corrected chi connectivity index (χ0v) is 19.6. The van der Waals surface area contributed by atoms with Crippen LogP contribution >= 0.6 is 23.4 Å². The van der Waals surface area contributed by atoms with Crippen molar-refractivity contribution in [2.24, 2.45) is 0 Å². The number of carbonyl (C=O) groups excluding carboxylic acids is 1. The van der Waals surface area contributed by atoms with E-state index in [0.29, 0.717) is 42.2 Å². The minimum absolute atomic E-state index is 0.00888. The molecule has 6 nitrogen and oxygen atoms in total. The van der Waals surface area contributed by atoms with E-state index in [4.69, 9.17) is 16.3 Å². The maximum Gasteiger partial charge on any atom is 0.234 e. The quantitative estimate of drug-likeness (QED) is 0.219. The van der Waals surface area contributed by atoms with Crippen LogP contribution < -0.4 is 10.1 Å². The van der Waals surface area contributed by atoms with Gasteiger partial charge in [0, 0.05) is 24.1 Å². The van der Waals surface area contributed by atoms with E-state index in [9.17, 15) is 13.6 Å². The lowest BCUT2D eigenvalue weighted by Gasteiger charge is -2.10. The molecule has 1 amide bonds. The summed E-state index contributed by atoms with van der Waals surface area (Å²) >= 11 is 7.14. The van der Waals surface area contributed by atoms with Gasteiger partial charge in [0.2, 0.25) is 5.91 Å². The molecule has 1 heterocycles. The summed E-state index contributed by atoms with van der Waals surface area (Å²) in [6, 6.07) is 8.45. The minimum Gasteiger partial charge on any atom is -0.493 e. The van der Waals surface area contributed by atoms with E-state index < -0.39 is 17.5 Å². The topological polar surface area (TPSA) is 69.0 Å². The van der Waals surface area contributed by atoms with Crippen LogP contribution in [-0.2, 0) is 17.8 Å². The van der Waals surface area contributed by atoms with Gasteiger partial charge in [-0.15, -0.1) is 16.8 Å². The molecule has 0 unspecified atom stereocenters. The number of nitrogens with zero attached hydrogens (tertiary/aromatic N) is 3. The fourth-order valence-electron chi connectivity index (χ4n) is 3.02. The molecule has 1 aromatic heterocycles. The van der Waals surface area contributed by atoms with Gasteiger partial charge < -0.3 is 14.6 Å². The monoisotopic (exact) mass is 492 g/mol. The Morgan fingerprint density at radius 3 is 2.82 bits per heavy atom.